The van der Waals surface area contributed by atoms with Crippen molar-refractivity contribution in [3.05, 3.63) is 71.8 Å². The third kappa shape index (κ3) is 6.14. The molecule has 0 saturated carbocycles. The quantitative estimate of drug-likeness (QED) is 0.813. The fourth-order valence-corrected chi connectivity index (χ4v) is 1.91. The van der Waals surface area contributed by atoms with Gasteiger partial charge in [0.05, 0.1) is 0 Å². The standard InChI is InChI=1S/C18H15F3N2O2/c19-18(20,21)17(25)22-12-14-6-9-15(10-7-14)23-16(24)11-8-13-4-2-1-3-5-13/h1-11H,12H2,(H,22,25)(H,23,24)/b11-8+. The highest BCUT2D eigenvalue weighted by molar-refractivity contribution is 6.01. The summed E-state index contributed by atoms with van der Waals surface area (Å²) in [7, 11) is 0. The SMILES string of the molecule is O=C(/C=C/c1ccccc1)Nc1ccc(CNC(=O)C(F)(F)F)cc1. The Kier molecular flexibility index (Phi) is 5.94. The lowest BCUT2D eigenvalue weighted by molar-refractivity contribution is -0.173. The highest BCUT2D eigenvalue weighted by atomic mass is 19.4. The molecule has 130 valence electrons. The van der Waals surface area contributed by atoms with Crippen LogP contribution in [-0.2, 0) is 16.1 Å². The molecule has 0 aromatic heterocycles. The fraction of sp³-hybridized carbons (Fsp3) is 0.111. The van der Waals surface area contributed by atoms with Crippen molar-refractivity contribution in [2.45, 2.75) is 12.7 Å². The summed E-state index contributed by atoms with van der Waals surface area (Å²) < 4.78 is 36.3. The van der Waals surface area contributed by atoms with Crippen molar-refractivity contribution in [1.82, 2.24) is 5.32 Å². The maximum absolute atomic E-state index is 12.1. The van der Waals surface area contributed by atoms with Crippen molar-refractivity contribution in [1.29, 1.82) is 0 Å². The van der Waals surface area contributed by atoms with E-state index in [1.165, 1.54) is 18.2 Å². The number of rotatable bonds is 5. The van der Waals surface area contributed by atoms with Gasteiger partial charge in [-0.2, -0.15) is 13.2 Å². The first-order valence-corrected chi connectivity index (χ1v) is 7.33. The Morgan fingerprint density at radius 3 is 2.20 bits per heavy atom. The summed E-state index contributed by atoms with van der Waals surface area (Å²) in [5.74, 6) is -2.32. The van der Waals surface area contributed by atoms with Gasteiger partial charge in [0.25, 0.3) is 0 Å². The number of benzene rings is 2. The zero-order chi connectivity index (χ0) is 18.3. The third-order valence-electron chi connectivity index (χ3n) is 3.16. The fourth-order valence-electron chi connectivity index (χ4n) is 1.91. The summed E-state index contributed by atoms with van der Waals surface area (Å²) in [6.07, 6.45) is -1.86. The van der Waals surface area contributed by atoms with E-state index < -0.39 is 12.1 Å². The predicted octanol–water partition coefficient (Wildman–Crippen LogP) is 3.52. The molecule has 0 radical (unpaired) electrons. The largest absolute Gasteiger partial charge is 0.471 e. The summed E-state index contributed by atoms with van der Waals surface area (Å²) in [6.45, 7) is -0.250. The van der Waals surface area contributed by atoms with E-state index >= 15 is 0 Å². The topological polar surface area (TPSA) is 58.2 Å². The smallest absolute Gasteiger partial charge is 0.344 e. The zero-order valence-electron chi connectivity index (χ0n) is 13.0. The Bertz CT molecular complexity index is 754. The highest BCUT2D eigenvalue weighted by Gasteiger charge is 2.38. The van der Waals surface area contributed by atoms with Crippen LogP contribution in [0.3, 0.4) is 0 Å². The van der Waals surface area contributed by atoms with Crippen LogP contribution in [0.15, 0.2) is 60.7 Å². The van der Waals surface area contributed by atoms with Gasteiger partial charge in [-0.15, -0.1) is 0 Å². The van der Waals surface area contributed by atoms with E-state index in [2.05, 4.69) is 5.32 Å². The Labute approximate surface area is 142 Å². The van der Waals surface area contributed by atoms with E-state index in [0.29, 0.717) is 11.3 Å². The molecule has 2 aromatic carbocycles. The molecule has 0 aliphatic carbocycles. The lowest BCUT2D eigenvalue weighted by Crippen LogP contribution is -2.36. The third-order valence-corrected chi connectivity index (χ3v) is 3.16. The van der Waals surface area contributed by atoms with Crippen LogP contribution < -0.4 is 10.6 Å². The first kappa shape index (κ1) is 18.3. The maximum atomic E-state index is 12.1. The molecule has 0 unspecified atom stereocenters. The minimum Gasteiger partial charge on any atom is -0.344 e. The Hall–Kier alpha value is -3.09. The average molecular weight is 348 g/mol. The number of nitrogens with one attached hydrogen (secondary N) is 2. The van der Waals surface area contributed by atoms with Gasteiger partial charge in [-0.05, 0) is 29.3 Å². The summed E-state index contributed by atoms with van der Waals surface area (Å²) in [5, 5.41) is 4.41. The van der Waals surface area contributed by atoms with Crippen molar-refractivity contribution in [3.63, 3.8) is 0 Å². The zero-order valence-corrected chi connectivity index (χ0v) is 13.0. The van der Waals surface area contributed by atoms with E-state index in [4.69, 9.17) is 0 Å². The lowest BCUT2D eigenvalue weighted by atomic mass is 10.2. The van der Waals surface area contributed by atoms with E-state index in [1.807, 2.05) is 30.3 Å². The Balaban J connectivity index is 1.86. The van der Waals surface area contributed by atoms with Crippen LogP contribution in [0.5, 0.6) is 0 Å². The molecule has 2 aromatic rings. The van der Waals surface area contributed by atoms with Gasteiger partial charge in [-0.25, -0.2) is 0 Å². The summed E-state index contributed by atoms with van der Waals surface area (Å²) in [5.41, 5.74) is 1.86. The van der Waals surface area contributed by atoms with Crippen LogP contribution in [0.4, 0.5) is 18.9 Å². The van der Waals surface area contributed by atoms with Crippen LogP contribution in [0.25, 0.3) is 6.08 Å². The minimum absolute atomic E-state index is 0.250. The monoisotopic (exact) mass is 348 g/mol. The first-order chi connectivity index (χ1) is 11.8. The number of hydrogen-bond acceptors (Lipinski definition) is 2. The van der Waals surface area contributed by atoms with E-state index in [-0.39, 0.29) is 12.5 Å². The predicted molar refractivity (Wildman–Crippen MR) is 88.4 cm³/mol. The lowest BCUT2D eigenvalue weighted by Gasteiger charge is -2.08. The molecular weight excluding hydrogens is 333 g/mol. The number of carbonyl (C=O) groups excluding carboxylic acids is 2. The second-order valence-corrected chi connectivity index (χ2v) is 5.11. The molecule has 4 nitrogen and oxygen atoms in total. The number of alkyl halides is 3. The van der Waals surface area contributed by atoms with Gasteiger partial charge in [-0.1, -0.05) is 42.5 Å². The van der Waals surface area contributed by atoms with Crippen LogP contribution in [0.2, 0.25) is 0 Å². The molecule has 2 rings (SSSR count). The van der Waals surface area contributed by atoms with Crippen molar-refractivity contribution >= 4 is 23.6 Å². The number of halogens is 3. The number of hydrogen-bond donors (Lipinski definition) is 2. The van der Waals surface area contributed by atoms with Crippen molar-refractivity contribution in [3.8, 4) is 0 Å². The molecule has 0 aliphatic heterocycles. The minimum atomic E-state index is -4.90. The molecule has 0 bridgehead atoms. The van der Waals surface area contributed by atoms with Gasteiger partial charge in [-0.3, -0.25) is 9.59 Å². The Morgan fingerprint density at radius 2 is 1.60 bits per heavy atom. The summed E-state index contributed by atoms with van der Waals surface area (Å²) in [4.78, 5) is 22.6. The maximum Gasteiger partial charge on any atom is 0.471 e. The Morgan fingerprint density at radius 1 is 0.960 bits per heavy atom. The highest BCUT2D eigenvalue weighted by Crippen LogP contribution is 2.15. The molecule has 0 aliphatic rings. The van der Waals surface area contributed by atoms with E-state index in [1.54, 1.807) is 23.5 Å². The van der Waals surface area contributed by atoms with E-state index in [0.717, 1.165) is 5.56 Å². The van der Waals surface area contributed by atoms with Gasteiger partial charge >= 0.3 is 12.1 Å². The molecular formula is C18H15F3N2O2. The van der Waals surface area contributed by atoms with Gasteiger partial charge in [0.2, 0.25) is 5.91 Å². The molecule has 0 spiro atoms. The molecule has 0 atom stereocenters. The second-order valence-electron chi connectivity index (χ2n) is 5.11. The number of amides is 2. The normalized spacial score (nSPS) is 11.3. The number of carbonyl (C=O) groups is 2. The average Bonchev–Trinajstić information content (AvgIpc) is 2.59. The van der Waals surface area contributed by atoms with Crippen LogP contribution in [-0.4, -0.2) is 18.0 Å². The summed E-state index contributed by atoms with van der Waals surface area (Å²) >= 11 is 0. The molecule has 7 heteroatoms. The van der Waals surface area contributed by atoms with Crippen LogP contribution in [0, 0.1) is 0 Å². The van der Waals surface area contributed by atoms with Gasteiger partial charge in [0.1, 0.15) is 0 Å². The van der Waals surface area contributed by atoms with Crippen molar-refractivity contribution in [2.24, 2.45) is 0 Å². The molecule has 2 amide bonds. The number of anilines is 1. The summed E-state index contributed by atoms with van der Waals surface area (Å²) in [6, 6.07) is 15.4. The van der Waals surface area contributed by atoms with Gasteiger partial charge < -0.3 is 10.6 Å². The first-order valence-electron chi connectivity index (χ1n) is 7.33. The molecule has 0 heterocycles. The van der Waals surface area contributed by atoms with Crippen LogP contribution >= 0.6 is 0 Å². The molecule has 0 saturated heterocycles. The molecule has 2 N–H and O–H groups in total. The van der Waals surface area contributed by atoms with Gasteiger partial charge in [0.15, 0.2) is 0 Å². The second kappa shape index (κ2) is 8.14. The van der Waals surface area contributed by atoms with Crippen LogP contribution in [0.1, 0.15) is 11.1 Å². The molecule has 0 fully saturated rings. The van der Waals surface area contributed by atoms with Crippen molar-refractivity contribution in [2.75, 3.05) is 5.32 Å². The van der Waals surface area contributed by atoms with E-state index in [9.17, 15) is 22.8 Å². The van der Waals surface area contributed by atoms with Gasteiger partial charge in [0, 0.05) is 18.3 Å². The molecule has 25 heavy (non-hydrogen) atoms. The van der Waals surface area contributed by atoms with Crippen molar-refractivity contribution < 1.29 is 22.8 Å².